The standard InChI is InChI=1S/C19H14BrNO4/c1-2-24-19(23)16-15(12-8-10-14(20)11-9-12)18(25-21-16)17(22)13-6-4-3-5-7-13/h3-11H,2H2,1H3. The number of rotatable bonds is 5. The van der Waals surface area contributed by atoms with Gasteiger partial charge in [-0.3, -0.25) is 4.79 Å². The van der Waals surface area contributed by atoms with E-state index in [1.807, 2.05) is 18.2 Å². The molecule has 3 rings (SSSR count). The molecule has 0 radical (unpaired) electrons. The van der Waals surface area contributed by atoms with Crippen LogP contribution in [-0.2, 0) is 4.74 Å². The summed E-state index contributed by atoms with van der Waals surface area (Å²) in [6.45, 7) is 1.90. The average molecular weight is 400 g/mol. The molecule has 0 bridgehead atoms. The van der Waals surface area contributed by atoms with E-state index < -0.39 is 5.97 Å². The molecule has 0 aliphatic rings. The fourth-order valence-electron chi connectivity index (χ4n) is 2.39. The first-order valence-electron chi connectivity index (χ1n) is 7.64. The Balaban J connectivity index is 2.14. The fraction of sp³-hybridized carbons (Fsp3) is 0.105. The van der Waals surface area contributed by atoms with Gasteiger partial charge in [-0.25, -0.2) is 4.79 Å². The van der Waals surface area contributed by atoms with Gasteiger partial charge in [-0.05, 0) is 24.6 Å². The predicted molar refractivity (Wildman–Crippen MR) is 95.5 cm³/mol. The highest BCUT2D eigenvalue weighted by molar-refractivity contribution is 9.10. The van der Waals surface area contributed by atoms with Crippen molar-refractivity contribution in [2.45, 2.75) is 6.92 Å². The highest BCUT2D eigenvalue weighted by Gasteiger charge is 2.28. The van der Waals surface area contributed by atoms with Crippen molar-refractivity contribution in [3.05, 3.63) is 76.1 Å². The minimum absolute atomic E-state index is 0.0107. The summed E-state index contributed by atoms with van der Waals surface area (Å²) in [6.07, 6.45) is 0. The summed E-state index contributed by atoms with van der Waals surface area (Å²) in [5.74, 6) is -0.963. The molecule has 6 heteroatoms. The number of carbonyl (C=O) groups is 2. The maximum atomic E-state index is 12.8. The topological polar surface area (TPSA) is 69.4 Å². The second kappa shape index (κ2) is 7.44. The van der Waals surface area contributed by atoms with E-state index >= 15 is 0 Å². The second-order valence-electron chi connectivity index (χ2n) is 5.16. The highest BCUT2D eigenvalue weighted by atomic mass is 79.9. The Kier molecular flexibility index (Phi) is 5.09. The molecule has 1 aromatic heterocycles. The summed E-state index contributed by atoms with van der Waals surface area (Å²) in [7, 11) is 0. The molecule has 0 aliphatic heterocycles. The molecule has 0 saturated carbocycles. The Morgan fingerprint density at radius 2 is 1.76 bits per heavy atom. The SMILES string of the molecule is CCOC(=O)c1noc(C(=O)c2ccccc2)c1-c1ccc(Br)cc1. The third-order valence-corrected chi connectivity index (χ3v) is 4.06. The van der Waals surface area contributed by atoms with Crippen LogP contribution in [0, 0.1) is 0 Å². The molecule has 0 aliphatic carbocycles. The number of hydrogen-bond acceptors (Lipinski definition) is 5. The number of halogens is 1. The molecular weight excluding hydrogens is 386 g/mol. The summed E-state index contributed by atoms with van der Waals surface area (Å²) in [5.41, 5.74) is 1.42. The number of aromatic nitrogens is 1. The molecule has 2 aromatic carbocycles. The van der Waals surface area contributed by atoms with Gasteiger partial charge in [0.15, 0.2) is 5.69 Å². The van der Waals surface area contributed by atoms with E-state index in [0.717, 1.165) is 4.47 Å². The molecular formula is C19H14BrNO4. The molecule has 0 fully saturated rings. The van der Waals surface area contributed by atoms with Crippen LogP contribution in [0.25, 0.3) is 11.1 Å². The van der Waals surface area contributed by atoms with Crippen LogP contribution >= 0.6 is 15.9 Å². The molecule has 0 N–H and O–H groups in total. The van der Waals surface area contributed by atoms with Gasteiger partial charge in [-0.2, -0.15) is 0 Å². The van der Waals surface area contributed by atoms with Crippen molar-refractivity contribution in [3.8, 4) is 11.1 Å². The lowest BCUT2D eigenvalue weighted by molar-refractivity contribution is 0.0515. The monoisotopic (exact) mass is 399 g/mol. The van der Waals surface area contributed by atoms with Crippen LogP contribution in [0.4, 0.5) is 0 Å². The lowest BCUT2D eigenvalue weighted by Gasteiger charge is -2.05. The molecule has 3 aromatic rings. The number of ketones is 1. The lowest BCUT2D eigenvalue weighted by Crippen LogP contribution is -2.08. The van der Waals surface area contributed by atoms with Crippen molar-refractivity contribution in [3.63, 3.8) is 0 Å². The Morgan fingerprint density at radius 3 is 2.40 bits per heavy atom. The first kappa shape index (κ1) is 17.1. The van der Waals surface area contributed by atoms with Crippen molar-refractivity contribution in [2.24, 2.45) is 0 Å². The summed E-state index contributed by atoms with van der Waals surface area (Å²) in [4.78, 5) is 25.0. The van der Waals surface area contributed by atoms with Crippen molar-refractivity contribution in [1.29, 1.82) is 0 Å². The van der Waals surface area contributed by atoms with Gasteiger partial charge in [0.2, 0.25) is 11.5 Å². The molecule has 1 heterocycles. The molecule has 5 nitrogen and oxygen atoms in total. The summed E-state index contributed by atoms with van der Waals surface area (Å²) < 4.78 is 11.2. The van der Waals surface area contributed by atoms with Crippen LogP contribution in [0.15, 0.2) is 63.6 Å². The minimum atomic E-state index is -0.628. The number of carbonyl (C=O) groups excluding carboxylic acids is 2. The summed E-state index contributed by atoms with van der Waals surface area (Å²) >= 11 is 3.37. The Labute approximate surface area is 152 Å². The van der Waals surface area contributed by atoms with Crippen LogP contribution in [0.2, 0.25) is 0 Å². The van der Waals surface area contributed by atoms with E-state index in [1.165, 1.54) is 0 Å². The lowest BCUT2D eigenvalue weighted by atomic mass is 9.98. The number of nitrogens with zero attached hydrogens (tertiary/aromatic N) is 1. The molecule has 0 unspecified atom stereocenters. The quantitative estimate of drug-likeness (QED) is 0.466. The van der Waals surface area contributed by atoms with Gasteiger partial charge in [0.25, 0.3) is 0 Å². The van der Waals surface area contributed by atoms with Gasteiger partial charge in [0.1, 0.15) is 0 Å². The van der Waals surface area contributed by atoms with E-state index in [1.54, 1.807) is 43.3 Å². The first-order valence-corrected chi connectivity index (χ1v) is 8.43. The Morgan fingerprint density at radius 1 is 1.08 bits per heavy atom. The highest BCUT2D eigenvalue weighted by Crippen LogP contribution is 2.31. The first-order chi connectivity index (χ1) is 12.1. The van der Waals surface area contributed by atoms with E-state index in [9.17, 15) is 9.59 Å². The van der Waals surface area contributed by atoms with Gasteiger partial charge in [-0.1, -0.05) is 63.6 Å². The van der Waals surface area contributed by atoms with Crippen LogP contribution < -0.4 is 0 Å². The maximum absolute atomic E-state index is 12.8. The molecule has 0 atom stereocenters. The van der Waals surface area contributed by atoms with Crippen molar-refractivity contribution in [1.82, 2.24) is 5.16 Å². The van der Waals surface area contributed by atoms with Crippen molar-refractivity contribution >= 4 is 27.7 Å². The Hall–Kier alpha value is -2.73. The Bertz CT molecular complexity index is 901. The van der Waals surface area contributed by atoms with Gasteiger partial charge in [0.05, 0.1) is 12.2 Å². The van der Waals surface area contributed by atoms with Crippen molar-refractivity contribution < 1.29 is 18.8 Å². The number of esters is 1. The zero-order chi connectivity index (χ0) is 17.8. The number of ether oxygens (including phenoxy) is 1. The number of benzene rings is 2. The van der Waals surface area contributed by atoms with E-state index in [4.69, 9.17) is 9.26 Å². The zero-order valence-corrected chi connectivity index (χ0v) is 14.9. The molecule has 0 amide bonds. The summed E-state index contributed by atoms with van der Waals surface area (Å²) in [5, 5.41) is 3.80. The van der Waals surface area contributed by atoms with Gasteiger partial charge in [0, 0.05) is 10.0 Å². The number of hydrogen-bond donors (Lipinski definition) is 0. The van der Waals surface area contributed by atoms with E-state index in [-0.39, 0.29) is 23.8 Å². The second-order valence-corrected chi connectivity index (χ2v) is 6.07. The van der Waals surface area contributed by atoms with Gasteiger partial charge in [-0.15, -0.1) is 0 Å². The van der Waals surface area contributed by atoms with Crippen LogP contribution in [0.1, 0.15) is 33.5 Å². The third kappa shape index (κ3) is 3.53. The fourth-order valence-corrected chi connectivity index (χ4v) is 2.65. The largest absolute Gasteiger partial charge is 0.461 e. The van der Waals surface area contributed by atoms with Gasteiger partial charge >= 0.3 is 5.97 Å². The van der Waals surface area contributed by atoms with Crippen LogP contribution in [0.3, 0.4) is 0 Å². The average Bonchev–Trinajstić information content (AvgIpc) is 3.08. The normalized spacial score (nSPS) is 10.5. The van der Waals surface area contributed by atoms with Gasteiger partial charge < -0.3 is 9.26 Å². The van der Waals surface area contributed by atoms with Crippen LogP contribution in [0.5, 0.6) is 0 Å². The molecule has 25 heavy (non-hydrogen) atoms. The van der Waals surface area contributed by atoms with E-state index in [0.29, 0.717) is 16.7 Å². The minimum Gasteiger partial charge on any atom is -0.461 e. The predicted octanol–water partition coefficient (Wildman–Crippen LogP) is 4.51. The van der Waals surface area contributed by atoms with Crippen LogP contribution in [-0.4, -0.2) is 23.5 Å². The van der Waals surface area contributed by atoms with E-state index in [2.05, 4.69) is 21.1 Å². The van der Waals surface area contributed by atoms with Crippen molar-refractivity contribution in [2.75, 3.05) is 6.61 Å². The zero-order valence-electron chi connectivity index (χ0n) is 13.4. The maximum Gasteiger partial charge on any atom is 0.361 e. The molecule has 0 saturated heterocycles. The molecule has 0 spiro atoms. The smallest absolute Gasteiger partial charge is 0.361 e. The summed E-state index contributed by atoms with van der Waals surface area (Å²) in [6, 6.07) is 15.9. The third-order valence-electron chi connectivity index (χ3n) is 3.54. The molecule has 126 valence electrons.